The van der Waals surface area contributed by atoms with E-state index in [1.54, 1.807) is 0 Å². The number of carbonyl (C=O) groups is 1. The third kappa shape index (κ3) is 5.96. The van der Waals surface area contributed by atoms with Crippen molar-refractivity contribution in [2.24, 2.45) is 11.7 Å². The second kappa shape index (κ2) is 9.48. The Balaban J connectivity index is 0.00000264. The van der Waals surface area contributed by atoms with Gasteiger partial charge in [0.05, 0.1) is 12.6 Å². The molecule has 1 aliphatic heterocycles. The molecule has 1 amide bonds. The molecule has 130 valence electrons. The van der Waals surface area contributed by atoms with Crippen molar-refractivity contribution in [3.05, 3.63) is 34.9 Å². The van der Waals surface area contributed by atoms with Crippen molar-refractivity contribution in [2.75, 3.05) is 19.6 Å². The van der Waals surface area contributed by atoms with E-state index < -0.39 is 0 Å². The van der Waals surface area contributed by atoms with Gasteiger partial charge in [-0.3, -0.25) is 9.69 Å². The summed E-state index contributed by atoms with van der Waals surface area (Å²) < 4.78 is 0. The van der Waals surface area contributed by atoms with Crippen LogP contribution in [0.25, 0.3) is 0 Å². The summed E-state index contributed by atoms with van der Waals surface area (Å²) in [6.45, 7) is 6.36. The molecule has 6 heteroatoms. The molecule has 1 heterocycles. The number of amides is 1. The standard InChI is InChI=1S/C17H26ClN3O.ClH/c1-12(19)14-7-9-21(10-8-14)11-17(22)20-13(2)15-5-3-4-6-16(15)18;/h3-6,12-14H,7-11,19H2,1-2H3,(H,20,22);1H. The number of halogens is 2. The topological polar surface area (TPSA) is 58.4 Å². The third-order valence-corrected chi connectivity index (χ3v) is 4.84. The molecule has 0 aromatic heterocycles. The Kier molecular flexibility index (Phi) is 8.34. The summed E-state index contributed by atoms with van der Waals surface area (Å²) in [6.07, 6.45) is 2.15. The Morgan fingerprint density at radius 1 is 1.35 bits per heavy atom. The first-order chi connectivity index (χ1) is 10.5. The molecular weight excluding hydrogens is 333 g/mol. The molecule has 2 rings (SSSR count). The lowest BCUT2D eigenvalue weighted by atomic mass is 9.91. The number of carbonyl (C=O) groups excluding carboxylic acids is 1. The lowest BCUT2D eigenvalue weighted by Crippen LogP contribution is -2.44. The Morgan fingerprint density at radius 2 is 1.96 bits per heavy atom. The van der Waals surface area contributed by atoms with Crippen molar-refractivity contribution >= 4 is 29.9 Å². The zero-order valence-corrected chi connectivity index (χ0v) is 15.4. The van der Waals surface area contributed by atoms with Gasteiger partial charge in [0.1, 0.15) is 0 Å². The van der Waals surface area contributed by atoms with Crippen molar-refractivity contribution < 1.29 is 4.79 Å². The van der Waals surface area contributed by atoms with Crippen LogP contribution in [0.3, 0.4) is 0 Å². The van der Waals surface area contributed by atoms with Crippen LogP contribution in [0.2, 0.25) is 5.02 Å². The van der Waals surface area contributed by atoms with Crippen LogP contribution >= 0.6 is 24.0 Å². The first kappa shape index (κ1) is 20.2. The second-order valence-electron chi connectivity index (χ2n) is 6.28. The number of hydrogen-bond donors (Lipinski definition) is 2. The summed E-state index contributed by atoms with van der Waals surface area (Å²) in [5, 5.41) is 3.72. The molecule has 3 N–H and O–H groups in total. The van der Waals surface area contributed by atoms with E-state index in [0.29, 0.717) is 17.5 Å². The molecule has 4 nitrogen and oxygen atoms in total. The van der Waals surface area contributed by atoms with E-state index >= 15 is 0 Å². The molecule has 0 bridgehead atoms. The van der Waals surface area contributed by atoms with Gasteiger partial charge in [-0.2, -0.15) is 0 Å². The van der Waals surface area contributed by atoms with Crippen molar-refractivity contribution in [1.82, 2.24) is 10.2 Å². The van der Waals surface area contributed by atoms with Crippen LogP contribution in [0.5, 0.6) is 0 Å². The Hall–Kier alpha value is -0.810. The number of rotatable bonds is 5. The van der Waals surface area contributed by atoms with E-state index in [9.17, 15) is 4.79 Å². The van der Waals surface area contributed by atoms with Crippen molar-refractivity contribution in [3.8, 4) is 0 Å². The minimum atomic E-state index is -0.0807. The molecule has 2 atom stereocenters. The fourth-order valence-corrected chi connectivity index (χ4v) is 3.33. The predicted molar refractivity (Wildman–Crippen MR) is 98.1 cm³/mol. The average molecular weight is 360 g/mol. The number of likely N-dealkylation sites (tertiary alicyclic amines) is 1. The maximum Gasteiger partial charge on any atom is 0.234 e. The number of benzene rings is 1. The normalized spacial score (nSPS) is 18.8. The minimum Gasteiger partial charge on any atom is -0.348 e. The smallest absolute Gasteiger partial charge is 0.234 e. The number of piperidine rings is 1. The van der Waals surface area contributed by atoms with Gasteiger partial charge in [-0.25, -0.2) is 0 Å². The molecule has 0 spiro atoms. The second-order valence-corrected chi connectivity index (χ2v) is 6.69. The van der Waals surface area contributed by atoms with Crippen molar-refractivity contribution in [1.29, 1.82) is 0 Å². The molecule has 23 heavy (non-hydrogen) atoms. The molecule has 0 aliphatic carbocycles. The average Bonchev–Trinajstić information content (AvgIpc) is 2.48. The van der Waals surface area contributed by atoms with Crippen LogP contribution in [-0.2, 0) is 4.79 Å². The largest absolute Gasteiger partial charge is 0.348 e. The van der Waals surface area contributed by atoms with Crippen LogP contribution < -0.4 is 11.1 Å². The zero-order valence-electron chi connectivity index (χ0n) is 13.8. The first-order valence-corrected chi connectivity index (χ1v) is 8.37. The molecule has 1 saturated heterocycles. The summed E-state index contributed by atoms with van der Waals surface area (Å²) in [5.74, 6) is 0.632. The Bertz CT molecular complexity index is 502. The Labute approximate surface area is 150 Å². The summed E-state index contributed by atoms with van der Waals surface area (Å²) in [7, 11) is 0. The van der Waals surface area contributed by atoms with Crippen LogP contribution in [-0.4, -0.2) is 36.5 Å². The first-order valence-electron chi connectivity index (χ1n) is 7.99. The van der Waals surface area contributed by atoms with Crippen LogP contribution in [0, 0.1) is 5.92 Å². The number of hydrogen-bond acceptors (Lipinski definition) is 3. The van der Waals surface area contributed by atoms with Crippen LogP contribution in [0.15, 0.2) is 24.3 Å². The monoisotopic (exact) mass is 359 g/mol. The maximum atomic E-state index is 12.2. The van der Waals surface area contributed by atoms with Gasteiger partial charge < -0.3 is 11.1 Å². The summed E-state index contributed by atoms with van der Waals surface area (Å²) in [5.41, 5.74) is 6.90. The van der Waals surface area contributed by atoms with Crippen LogP contribution in [0.1, 0.15) is 38.3 Å². The van der Waals surface area contributed by atoms with Gasteiger partial charge >= 0.3 is 0 Å². The summed E-state index contributed by atoms with van der Waals surface area (Å²) in [6, 6.07) is 7.78. The van der Waals surface area contributed by atoms with Crippen LogP contribution in [0.4, 0.5) is 0 Å². The van der Waals surface area contributed by atoms with E-state index in [0.717, 1.165) is 31.5 Å². The van der Waals surface area contributed by atoms with Gasteiger partial charge in [-0.1, -0.05) is 29.8 Å². The van der Waals surface area contributed by atoms with Crippen molar-refractivity contribution in [3.63, 3.8) is 0 Å². The third-order valence-electron chi connectivity index (χ3n) is 4.49. The van der Waals surface area contributed by atoms with E-state index in [1.807, 2.05) is 31.2 Å². The SMILES string of the molecule is CC(NC(=O)CN1CCC(C(C)N)CC1)c1ccccc1Cl.Cl. The molecule has 0 saturated carbocycles. The lowest BCUT2D eigenvalue weighted by molar-refractivity contribution is -0.123. The van der Waals surface area contributed by atoms with Gasteiger partial charge in [0.15, 0.2) is 0 Å². The van der Waals surface area contributed by atoms with Gasteiger partial charge in [-0.05, 0) is 57.3 Å². The van der Waals surface area contributed by atoms with E-state index in [2.05, 4.69) is 17.1 Å². The lowest BCUT2D eigenvalue weighted by Gasteiger charge is -2.33. The van der Waals surface area contributed by atoms with Gasteiger partial charge in [-0.15, -0.1) is 12.4 Å². The molecular formula is C17H27Cl2N3O. The van der Waals surface area contributed by atoms with Gasteiger partial charge in [0.25, 0.3) is 0 Å². The molecule has 1 aliphatic rings. The molecule has 0 radical (unpaired) electrons. The van der Waals surface area contributed by atoms with E-state index in [-0.39, 0.29) is 30.4 Å². The Morgan fingerprint density at radius 3 is 2.52 bits per heavy atom. The fourth-order valence-electron chi connectivity index (χ4n) is 3.03. The van der Waals surface area contributed by atoms with E-state index in [1.165, 1.54) is 0 Å². The predicted octanol–water partition coefficient (Wildman–Crippen LogP) is 3.00. The molecule has 1 aromatic carbocycles. The molecule has 1 aromatic rings. The summed E-state index contributed by atoms with van der Waals surface area (Å²) >= 11 is 6.17. The van der Waals surface area contributed by atoms with Gasteiger partial charge in [0.2, 0.25) is 5.91 Å². The summed E-state index contributed by atoms with van der Waals surface area (Å²) in [4.78, 5) is 14.4. The molecule has 2 unspecified atom stereocenters. The number of nitrogens with two attached hydrogens (primary N) is 1. The molecule has 1 fully saturated rings. The minimum absolute atomic E-state index is 0. The van der Waals surface area contributed by atoms with Crippen molar-refractivity contribution in [2.45, 2.75) is 38.8 Å². The highest BCUT2D eigenvalue weighted by Crippen LogP contribution is 2.22. The highest BCUT2D eigenvalue weighted by Gasteiger charge is 2.23. The number of nitrogens with one attached hydrogen (secondary N) is 1. The zero-order chi connectivity index (χ0) is 16.1. The fraction of sp³-hybridized carbons (Fsp3) is 0.588. The highest BCUT2D eigenvalue weighted by atomic mass is 35.5. The van der Waals surface area contributed by atoms with E-state index in [4.69, 9.17) is 17.3 Å². The van der Waals surface area contributed by atoms with Gasteiger partial charge in [0, 0.05) is 11.1 Å². The number of nitrogens with zero attached hydrogens (tertiary/aromatic N) is 1. The maximum absolute atomic E-state index is 12.2. The highest BCUT2D eigenvalue weighted by molar-refractivity contribution is 6.31. The quantitative estimate of drug-likeness (QED) is 0.849.